The van der Waals surface area contributed by atoms with Crippen LogP contribution in [0.1, 0.15) is 26.7 Å². The molecule has 2 amide bonds. The van der Waals surface area contributed by atoms with Crippen LogP contribution in [0.15, 0.2) is 57.9 Å². The number of rotatable bonds is 3. The van der Waals surface area contributed by atoms with Crippen LogP contribution in [0.4, 0.5) is 0 Å². The summed E-state index contributed by atoms with van der Waals surface area (Å²) in [6, 6.07) is 11.0. The second-order valence-corrected chi connectivity index (χ2v) is 5.71. The van der Waals surface area contributed by atoms with E-state index in [0.717, 1.165) is 0 Å². The Hall–Kier alpha value is -3.39. The van der Waals surface area contributed by atoms with Gasteiger partial charge in [0.1, 0.15) is 0 Å². The number of hydrazine groups is 1. The minimum absolute atomic E-state index is 0.0146. The molecule has 0 aliphatic heterocycles. The quantitative estimate of drug-likeness (QED) is 0.682. The predicted molar refractivity (Wildman–Crippen MR) is 93.2 cm³/mol. The zero-order chi connectivity index (χ0) is 18.7. The number of aromatic nitrogens is 2. The SMILES string of the molecule is Cc1cc(=O)c(C(=O)NNC(=O)c2ccco2)nn1-c1ccc(Cl)cc1. The number of halogens is 1. The van der Waals surface area contributed by atoms with E-state index < -0.39 is 17.2 Å². The molecule has 2 heterocycles. The fraction of sp³-hybridized carbons (Fsp3) is 0.0588. The maximum Gasteiger partial charge on any atom is 0.305 e. The number of furan rings is 1. The number of benzene rings is 1. The molecule has 0 saturated heterocycles. The van der Waals surface area contributed by atoms with Gasteiger partial charge in [0.15, 0.2) is 11.5 Å². The normalized spacial score (nSPS) is 10.4. The lowest BCUT2D eigenvalue weighted by molar-refractivity contribution is 0.0827. The van der Waals surface area contributed by atoms with Gasteiger partial charge in [0.25, 0.3) is 5.91 Å². The van der Waals surface area contributed by atoms with Crippen LogP contribution in [-0.4, -0.2) is 21.6 Å². The fourth-order valence-corrected chi connectivity index (χ4v) is 2.32. The third-order valence-corrected chi connectivity index (χ3v) is 3.68. The molecule has 0 aliphatic carbocycles. The van der Waals surface area contributed by atoms with Crippen molar-refractivity contribution >= 4 is 23.4 Å². The summed E-state index contributed by atoms with van der Waals surface area (Å²) < 4.78 is 6.34. The van der Waals surface area contributed by atoms with E-state index in [2.05, 4.69) is 16.0 Å². The highest BCUT2D eigenvalue weighted by molar-refractivity contribution is 6.30. The van der Waals surface area contributed by atoms with Crippen molar-refractivity contribution in [3.8, 4) is 5.69 Å². The fourth-order valence-electron chi connectivity index (χ4n) is 2.19. The molecular weight excluding hydrogens is 360 g/mol. The van der Waals surface area contributed by atoms with E-state index in [1.807, 2.05) is 0 Å². The van der Waals surface area contributed by atoms with E-state index in [4.69, 9.17) is 16.0 Å². The summed E-state index contributed by atoms with van der Waals surface area (Å²) in [5.74, 6) is -1.49. The molecule has 3 aromatic rings. The maximum absolute atomic E-state index is 12.2. The van der Waals surface area contributed by atoms with E-state index in [9.17, 15) is 14.4 Å². The van der Waals surface area contributed by atoms with Crippen molar-refractivity contribution in [1.29, 1.82) is 0 Å². The van der Waals surface area contributed by atoms with Gasteiger partial charge in [0.05, 0.1) is 12.0 Å². The molecular formula is C17H13ClN4O4. The van der Waals surface area contributed by atoms with Crippen molar-refractivity contribution in [3.63, 3.8) is 0 Å². The summed E-state index contributed by atoms with van der Waals surface area (Å²) >= 11 is 5.87. The van der Waals surface area contributed by atoms with Crippen LogP contribution in [-0.2, 0) is 0 Å². The molecule has 26 heavy (non-hydrogen) atoms. The molecule has 0 aliphatic rings. The maximum atomic E-state index is 12.2. The van der Waals surface area contributed by atoms with Gasteiger partial charge < -0.3 is 4.42 Å². The van der Waals surface area contributed by atoms with E-state index in [1.165, 1.54) is 29.1 Å². The molecule has 132 valence electrons. The Bertz CT molecular complexity index is 1010. The van der Waals surface area contributed by atoms with Gasteiger partial charge in [-0.3, -0.25) is 25.2 Å². The Morgan fingerprint density at radius 2 is 1.81 bits per heavy atom. The summed E-state index contributed by atoms with van der Waals surface area (Å²) in [5.41, 5.74) is 4.51. The highest BCUT2D eigenvalue weighted by Crippen LogP contribution is 2.13. The van der Waals surface area contributed by atoms with Gasteiger partial charge in [0.2, 0.25) is 5.43 Å². The van der Waals surface area contributed by atoms with Crippen LogP contribution in [0.3, 0.4) is 0 Å². The molecule has 2 aromatic heterocycles. The van der Waals surface area contributed by atoms with Crippen molar-refractivity contribution in [2.45, 2.75) is 6.92 Å². The first-order valence-corrected chi connectivity index (χ1v) is 7.84. The Morgan fingerprint density at radius 3 is 2.46 bits per heavy atom. The monoisotopic (exact) mass is 372 g/mol. The summed E-state index contributed by atoms with van der Waals surface area (Å²) in [5, 5.41) is 4.63. The third-order valence-electron chi connectivity index (χ3n) is 3.43. The van der Waals surface area contributed by atoms with E-state index >= 15 is 0 Å². The van der Waals surface area contributed by atoms with Crippen LogP contribution >= 0.6 is 11.6 Å². The largest absolute Gasteiger partial charge is 0.459 e. The van der Waals surface area contributed by atoms with E-state index in [0.29, 0.717) is 16.4 Å². The molecule has 3 rings (SSSR count). The molecule has 9 heteroatoms. The Labute approximate surface area is 152 Å². The first-order valence-electron chi connectivity index (χ1n) is 7.47. The number of hydrogen-bond acceptors (Lipinski definition) is 5. The average Bonchev–Trinajstić information content (AvgIpc) is 3.15. The van der Waals surface area contributed by atoms with Crippen molar-refractivity contribution in [3.05, 3.63) is 81.1 Å². The number of carbonyl (C=O) groups is 2. The van der Waals surface area contributed by atoms with Gasteiger partial charge in [-0.15, -0.1) is 0 Å². The lowest BCUT2D eigenvalue weighted by Gasteiger charge is -2.11. The summed E-state index contributed by atoms with van der Waals surface area (Å²) in [4.78, 5) is 36.1. The summed E-state index contributed by atoms with van der Waals surface area (Å²) in [6.07, 6.45) is 1.32. The molecule has 0 atom stereocenters. The Balaban J connectivity index is 1.84. The Kier molecular flexibility index (Phi) is 4.85. The van der Waals surface area contributed by atoms with Crippen molar-refractivity contribution in [2.75, 3.05) is 0 Å². The van der Waals surface area contributed by atoms with Crippen LogP contribution in [0.5, 0.6) is 0 Å². The summed E-state index contributed by atoms with van der Waals surface area (Å²) in [7, 11) is 0. The summed E-state index contributed by atoms with van der Waals surface area (Å²) in [6.45, 7) is 1.68. The first-order chi connectivity index (χ1) is 12.5. The zero-order valence-electron chi connectivity index (χ0n) is 13.5. The number of hydrogen-bond donors (Lipinski definition) is 2. The van der Waals surface area contributed by atoms with Gasteiger partial charge in [-0.05, 0) is 43.3 Å². The predicted octanol–water partition coefficient (Wildman–Crippen LogP) is 1.86. The number of carbonyl (C=O) groups excluding carboxylic acids is 2. The number of amides is 2. The average molecular weight is 373 g/mol. The number of nitrogens with zero attached hydrogens (tertiary/aromatic N) is 2. The third kappa shape index (κ3) is 3.65. The second-order valence-electron chi connectivity index (χ2n) is 5.27. The van der Waals surface area contributed by atoms with E-state index in [1.54, 1.807) is 31.2 Å². The molecule has 0 saturated carbocycles. The number of nitrogens with one attached hydrogen (secondary N) is 2. The highest BCUT2D eigenvalue weighted by atomic mass is 35.5. The molecule has 0 radical (unpaired) electrons. The highest BCUT2D eigenvalue weighted by Gasteiger charge is 2.17. The van der Waals surface area contributed by atoms with Gasteiger partial charge in [-0.25, -0.2) is 4.68 Å². The van der Waals surface area contributed by atoms with Gasteiger partial charge in [-0.2, -0.15) is 5.10 Å². The molecule has 0 fully saturated rings. The van der Waals surface area contributed by atoms with Crippen LogP contribution in [0.25, 0.3) is 5.69 Å². The standard InChI is InChI=1S/C17H13ClN4O4/c1-10-9-13(23)15(21-22(10)12-6-4-11(18)5-7-12)17(25)20-19-16(24)14-3-2-8-26-14/h2-9H,1H3,(H,19,24)(H,20,25). The van der Waals surface area contributed by atoms with Gasteiger partial charge >= 0.3 is 5.91 Å². The molecule has 0 bridgehead atoms. The smallest absolute Gasteiger partial charge is 0.305 e. The van der Waals surface area contributed by atoms with Crippen molar-refractivity contribution in [1.82, 2.24) is 20.6 Å². The van der Waals surface area contributed by atoms with Crippen LogP contribution in [0, 0.1) is 6.92 Å². The van der Waals surface area contributed by atoms with Crippen LogP contribution < -0.4 is 16.3 Å². The van der Waals surface area contributed by atoms with Crippen molar-refractivity contribution in [2.24, 2.45) is 0 Å². The lowest BCUT2D eigenvalue weighted by atomic mass is 10.2. The minimum Gasteiger partial charge on any atom is -0.459 e. The van der Waals surface area contributed by atoms with Gasteiger partial charge in [-0.1, -0.05) is 11.6 Å². The molecule has 0 unspecified atom stereocenters. The second kappa shape index (κ2) is 7.24. The number of aryl methyl sites for hydroxylation is 1. The van der Waals surface area contributed by atoms with Crippen LogP contribution in [0.2, 0.25) is 5.02 Å². The lowest BCUT2D eigenvalue weighted by Crippen LogP contribution is -2.44. The topological polar surface area (TPSA) is 106 Å². The Morgan fingerprint density at radius 1 is 1.12 bits per heavy atom. The van der Waals surface area contributed by atoms with Gasteiger partial charge in [0, 0.05) is 16.8 Å². The minimum atomic E-state index is -0.849. The first kappa shape index (κ1) is 17.4. The van der Waals surface area contributed by atoms with E-state index in [-0.39, 0.29) is 11.5 Å². The molecule has 2 N–H and O–H groups in total. The molecule has 1 aromatic carbocycles. The molecule has 8 nitrogen and oxygen atoms in total. The van der Waals surface area contributed by atoms with Crippen molar-refractivity contribution < 1.29 is 14.0 Å². The zero-order valence-corrected chi connectivity index (χ0v) is 14.3. The molecule has 0 spiro atoms.